The molecule has 2 N–H and O–H groups in total. The summed E-state index contributed by atoms with van der Waals surface area (Å²) in [4.78, 5) is 24.8. The summed E-state index contributed by atoms with van der Waals surface area (Å²) in [7, 11) is 0. The average Bonchev–Trinajstić information content (AvgIpc) is 3.05. The fourth-order valence-electron chi connectivity index (χ4n) is 3.78. The lowest BCUT2D eigenvalue weighted by atomic mass is 10.0. The molecule has 0 aliphatic rings. The molecule has 0 aliphatic carbocycles. The van der Waals surface area contributed by atoms with Gasteiger partial charge in [-0.2, -0.15) is 0 Å². The van der Waals surface area contributed by atoms with E-state index in [-0.39, 0.29) is 23.7 Å². The number of azo groups is 1. The number of carbonyl (C=O) groups excluding carboxylic acids is 2. The Morgan fingerprint density at radius 2 is 1.62 bits per heavy atom. The van der Waals surface area contributed by atoms with E-state index < -0.39 is 11.8 Å². The lowest BCUT2D eigenvalue weighted by molar-refractivity contribution is -0.117. The summed E-state index contributed by atoms with van der Waals surface area (Å²) >= 11 is 0. The number of rotatable bonds is 6. The van der Waals surface area contributed by atoms with Gasteiger partial charge in [0.15, 0.2) is 0 Å². The molecular weight excluding hydrogens is 406 g/mol. The highest BCUT2D eigenvalue weighted by Crippen LogP contribution is 2.37. The highest BCUT2D eigenvalue weighted by atomic mass is 16.3. The van der Waals surface area contributed by atoms with Crippen LogP contribution in [-0.4, -0.2) is 26.6 Å². The predicted molar refractivity (Wildman–Crippen MR) is 122 cm³/mol. The third-order valence-electron chi connectivity index (χ3n) is 5.47. The smallest absolute Gasteiger partial charge is 0.295 e. The Labute approximate surface area is 184 Å². The maximum atomic E-state index is 12.5. The minimum absolute atomic E-state index is 0.0338. The number of aromatic nitrogens is 1. The van der Waals surface area contributed by atoms with E-state index in [1.54, 1.807) is 6.07 Å². The molecule has 1 heterocycles. The molecule has 0 fully saturated rings. The number of fused-ring (bicyclic) bond motifs is 2. The first-order valence-electron chi connectivity index (χ1n) is 10.5. The lowest BCUT2D eigenvalue weighted by Crippen LogP contribution is -2.01. The molecule has 32 heavy (non-hydrogen) atoms. The van der Waals surface area contributed by atoms with Crippen LogP contribution in [0, 0.1) is 0 Å². The molecule has 3 aromatic carbocycles. The summed E-state index contributed by atoms with van der Waals surface area (Å²) < 4.78 is 1.41. The molecule has 0 spiro atoms. The third kappa shape index (κ3) is 4.09. The topological polar surface area (TPSA) is 104 Å². The van der Waals surface area contributed by atoms with Gasteiger partial charge in [-0.05, 0) is 41.0 Å². The largest absolute Gasteiger partial charge is 0.494 e. The Morgan fingerprint density at radius 3 is 2.44 bits per heavy atom. The maximum Gasteiger partial charge on any atom is 0.295 e. The van der Waals surface area contributed by atoms with Gasteiger partial charge in [-0.3, -0.25) is 14.2 Å². The molecule has 4 aromatic rings. The molecule has 7 nitrogen and oxygen atoms in total. The second-order valence-corrected chi connectivity index (χ2v) is 7.63. The van der Waals surface area contributed by atoms with Crippen LogP contribution in [-0.2, 0) is 17.8 Å². The van der Waals surface area contributed by atoms with Crippen LogP contribution in [0.25, 0.3) is 21.5 Å². The van der Waals surface area contributed by atoms with Crippen molar-refractivity contribution in [2.24, 2.45) is 10.2 Å². The SMILES string of the molecule is CCCCn1c(O)c2ccc(C(=O)N=NC(=O)Cc3cccc4ccccc34)cc2c1O. The van der Waals surface area contributed by atoms with Crippen molar-refractivity contribution in [3.05, 3.63) is 71.8 Å². The number of unbranched alkanes of at least 4 members (excludes halogenated alkanes) is 1. The molecule has 162 valence electrons. The van der Waals surface area contributed by atoms with E-state index in [0.29, 0.717) is 17.3 Å². The molecule has 7 heteroatoms. The summed E-state index contributed by atoms with van der Waals surface area (Å²) in [5, 5.41) is 30.7. The van der Waals surface area contributed by atoms with Gasteiger partial charge in [0.25, 0.3) is 11.8 Å². The molecule has 0 radical (unpaired) electrons. The summed E-state index contributed by atoms with van der Waals surface area (Å²) in [6.45, 7) is 2.48. The first-order chi connectivity index (χ1) is 15.5. The molecule has 0 saturated carbocycles. The zero-order valence-electron chi connectivity index (χ0n) is 17.7. The van der Waals surface area contributed by atoms with Gasteiger partial charge in [-0.25, -0.2) is 0 Å². The monoisotopic (exact) mass is 429 g/mol. The zero-order chi connectivity index (χ0) is 22.7. The Bertz CT molecular complexity index is 1350. The highest BCUT2D eigenvalue weighted by Gasteiger charge is 2.17. The van der Waals surface area contributed by atoms with E-state index in [9.17, 15) is 19.8 Å². The Kier molecular flexibility index (Phi) is 5.98. The van der Waals surface area contributed by atoms with Gasteiger partial charge in [0.2, 0.25) is 11.8 Å². The van der Waals surface area contributed by atoms with Gasteiger partial charge >= 0.3 is 0 Å². The van der Waals surface area contributed by atoms with Crippen LogP contribution in [0.5, 0.6) is 11.8 Å². The second-order valence-electron chi connectivity index (χ2n) is 7.63. The molecule has 0 bridgehead atoms. The summed E-state index contributed by atoms with van der Waals surface area (Å²) in [5.41, 5.74) is 0.983. The number of hydrogen-bond acceptors (Lipinski definition) is 4. The second kappa shape index (κ2) is 9.01. The molecule has 0 unspecified atom stereocenters. The molecule has 1 aromatic heterocycles. The van der Waals surface area contributed by atoms with Gasteiger partial charge in [0.05, 0.1) is 6.42 Å². The van der Waals surface area contributed by atoms with Gasteiger partial charge in [0.1, 0.15) is 0 Å². The normalized spacial score (nSPS) is 11.5. The quantitative estimate of drug-likeness (QED) is 0.402. The van der Waals surface area contributed by atoms with Crippen LogP contribution in [0.1, 0.15) is 35.7 Å². The van der Waals surface area contributed by atoms with E-state index in [1.165, 1.54) is 16.7 Å². The van der Waals surface area contributed by atoms with Crippen molar-refractivity contribution in [2.45, 2.75) is 32.7 Å². The van der Waals surface area contributed by atoms with Crippen LogP contribution >= 0.6 is 0 Å². The van der Waals surface area contributed by atoms with Crippen LogP contribution in [0.15, 0.2) is 70.9 Å². The minimum atomic E-state index is -0.696. The molecule has 4 rings (SSSR count). The Morgan fingerprint density at radius 1 is 0.875 bits per heavy atom. The van der Waals surface area contributed by atoms with Crippen LogP contribution < -0.4 is 0 Å². The van der Waals surface area contributed by atoms with Gasteiger partial charge in [0, 0.05) is 22.9 Å². The summed E-state index contributed by atoms with van der Waals surface area (Å²) in [5.74, 6) is -1.37. The maximum absolute atomic E-state index is 12.5. The van der Waals surface area contributed by atoms with Gasteiger partial charge in [-0.15, -0.1) is 10.2 Å². The summed E-state index contributed by atoms with van der Waals surface area (Å²) in [6, 6.07) is 17.9. The fraction of sp³-hybridized carbons (Fsp3) is 0.200. The minimum Gasteiger partial charge on any atom is -0.494 e. The Hall–Kier alpha value is -4.00. The lowest BCUT2D eigenvalue weighted by Gasteiger charge is -2.04. The van der Waals surface area contributed by atoms with Crippen molar-refractivity contribution >= 4 is 33.4 Å². The number of aromatic hydroxyl groups is 2. The van der Waals surface area contributed by atoms with Gasteiger partial charge < -0.3 is 10.2 Å². The zero-order valence-corrected chi connectivity index (χ0v) is 17.7. The number of nitrogens with zero attached hydrogens (tertiary/aromatic N) is 3. The molecule has 0 saturated heterocycles. The molecular formula is C25H23N3O4. The van der Waals surface area contributed by atoms with Crippen molar-refractivity contribution in [3.63, 3.8) is 0 Å². The number of amides is 2. The van der Waals surface area contributed by atoms with Crippen LogP contribution in [0.4, 0.5) is 0 Å². The van der Waals surface area contributed by atoms with E-state index in [2.05, 4.69) is 10.2 Å². The highest BCUT2D eigenvalue weighted by molar-refractivity contribution is 6.02. The van der Waals surface area contributed by atoms with Crippen molar-refractivity contribution in [1.82, 2.24) is 4.57 Å². The van der Waals surface area contributed by atoms with Gasteiger partial charge in [-0.1, -0.05) is 55.8 Å². The first-order valence-corrected chi connectivity index (χ1v) is 10.5. The van der Waals surface area contributed by atoms with E-state index in [4.69, 9.17) is 0 Å². The van der Waals surface area contributed by atoms with Crippen LogP contribution in [0.2, 0.25) is 0 Å². The van der Waals surface area contributed by atoms with E-state index in [0.717, 1.165) is 29.2 Å². The molecule has 0 aliphatic heterocycles. The third-order valence-corrected chi connectivity index (χ3v) is 5.47. The predicted octanol–water partition coefficient (Wildman–Crippen LogP) is 5.37. The van der Waals surface area contributed by atoms with Crippen molar-refractivity contribution in [2.75, 3.05) is 0 Å². The van der Waals surface area contributed by atoms with Crippen molar-refractivity contribution in [1.29, 1.82) is 0 Å². The average molecular weight is 429 g/mol. The van der Waals surface area contributed by atoms with E-state index >= 15 is 0 Å². The fourth-order valence-corrected chi connectivity index (χ4v) is 3.78. The van der Waals surface area contributed by atoms with Crippen LogP contribution in [0.3, 0.4) is 0 Å². The molecule has 0 atom stereocenters. The summed E-state index contributed by atoms with van der Waals surface area (Å²) in [6.07, 6.45) is 1.73. The van der Waals surface area contributed by atoms with E-state index in [1.807, 2.05) is 49.4 Å². The molecule has 2 amide bonds. The van der Waals surface area contributed by atoms with Crippen molar-refractivity contribution < 1.29 is 19.8 Å². The number of benzene rings is 3. The Balaban J connectivity index is 1.52. The van der Waals surface area contributed by atoms with Crippen molar-refractivity contribution in [3.8, 4) is 11.8 Å². The standard InChI is InChI=1S/C25H23N3O4/c1-2-3-13-28-24(31)20-12-11-18(14-21(20)25(28)32)23(30)27-26-22(29)15-17-9-6-8-16-7-4-5-10-19(16)17/h4-12,14,31-32H,2-3,13,15H2,1H3. The number of carbonyl (C=O) groups is 2. The number of hydrogen-bond donors (Lipinski definition) is 2. The first kappa shape index (κ1) is 21.2.